The first-order valence-corrected chi connectivity index (χ1v) is 5.62. The zero-order valence-electron chi connectivity index (χ0n) is 8.48. The topological polar surface area (TPSA) is 12.5 Å². The summed E-state index contributed by atoms with van der Waals surface area (Å²) in [5.41, 5.74) is 1.65. The number of allylic oxidation sites excluding steroid dienone is 3. The molecule has 2 heteroatoms. The van der Waals surface area contributed by atoms with Crippen LogP contribution in [0.4, 0.5) is 0 Å². The second-order valence-electron chi connectivity index (χ2n) is 4.54. The number of morpholine rings is 1. The summed E-state index contributed by atoms with van der Waals surface area (Å²) in [6, 6.07) is 0. The Kier molecular flexibility index (Phi) is 2.09. The van der Waals surface area contributed by atoms with Crippen molar-refractivity contribution < 1.29 is 4.74 Å². The molecule has 2 unspecified atom stereocenters. The minimum Gasteiger partial charge on any atom is -0.378 e. The van der Waals surface area contributed by atoms with Gasteiger partial charge in [0.2, 0.25) is 0 Å². The highest BCUT2D eigenvalue weighted by Gasteiger charge is 2.31. The molecule has 14 heavy (non-hydrogen) atoms. The smallest absolute Gasteiger partial charge is 0.0642 e. The van der Waals surface area contributed by atoms with Crippen molar-refractivity contribution in [3.05, 3.63) is 23.9 Å². The normalized spacial score (nSPS) is 38.6. The summed E-state index contributed by atoms with van der Waals surface area (Å²) in [6.45, 7) is 3.94. The fourth-order valence-corrected chi connectivity index (χ4v) is 2.74. The first kappa shape index (κ1) is 8.54. The van der Waals surface area contributed by atoms with E-state index in [1.54, 1.807) is 5.57 Å². The molecule has 1 saturated carbocycles. The van der Waals surface area contributed by atoms with E-state index < -0.39 is 0 Å². The van der Waals surface area contributed by atoms with Crippen LogP contribution in [0.15, 0.2) is 23.9 Å². The average molecular weight is 191 g/mol. The lowest BCUT2D eigenvalue weighted by Gasteiger charge is -2.26. The van der Waals surface area contributed by atoms with Crippen molar-refractivity contribution in [2.24, 2.45) is 11.8 Å². The Hall–Kier alpha value is -0.760. The molecule has 0 radical (unpaired) electrons. The summed E-state index contributed by atoms with van der Waals surface area (Å²) in [5.74, 6) is 1.62. The van der Waals surface area contributed by atoms with Crippen LogP contribution in [0.1, 0.15) is 12.8 Å². The summed E-state index contributed by atoms with van der Waals surface area (Å²) < 4.78 is 5.34. The quantitative estimate of drug-likeness (QED) is 0.586. The van der Waals surface area contributed by atoms with Gasteiger partial charge in [-0.15, -0.1) is 0 Å². The average Bonchev–Trinajstić information content (AvgIpc) is 2.81. The molecule has 0 aromatic carbocycles. The van der Waals surface area contributed by atoms with Gasteiger partial charge in [0.25, 0.3) is 0 Å². The Morgan fingerprint density at radius 1 is 1.29 bits per heavy atom. The Labute approximate surface area is 85.2 Å². The van der Waals surface area contributed by atoms with Crippen LogP contribution < -0.4 is 0 Å². The number of nitrogens with zero attached hydrogens (tertiary/aromatic N) is 1. The maximum absolute atomic E-state index is 5.34. The molecule has 1 aliphatic heterocycles. The van der Waals surface area contributed by atoms with Crippen molar-refractivity contribution in [2.75, 3.05) is 26.3 Å². The molecule has 2 nitrogen and oxygen atoms in total. The van der Waals surface area contributed by atoms with Crippen molar-refractivity contribution >= 4 is 0 Å². The predicted octanol–water partition coefficient (Wildman–Crippen LogP) is 1.80. The molecule has 0 aromatic heterocycles. The van der Waals surface area contributed by atoms with Gasteiger partial charge in [0.15, 0.2) is 0 Å². The van der Waals surface area contributed by atoms with Crippen LogP contribution in [-0.2, 0) is 4.74 Å². The molecule has 3 rings (SSSR count). The lowest BCUT2D eigenvalue weighted by Crippen LogP contribution is -2.32. The van der Waals surface area contributed by atoms with E-state index in [2.05, 4.69) is 23.3 Å². The zero-order valence-corrected chi connectivity index (χ0v) is 8.48. The molecule has 76 valence electrons. The highest BCUT2D eigenvalue weighted by atomic mass is 16.5. The summed E-state index contributed by atoms with van der Waals surface area (Å²) in [5, 5.41) is 0. The van der Waals surface area contributed by atoms with Crippen molar-refractivity contribution in [1.82, 2.24) is 4.90 Å². The largest absolute Gasteiger partial charge is 0.378 e. The molecule has 2 bridgehead atoms. The molecule has 1 saturated heterocycles. The Morgan fingerprint density at radius 3 is 2.79 bits per heavy atom. The molecule has 2 fully saturated rings. The van der Waals surface area contributed by atoms with E-state index >= 15 is 0 Å². The molecule has 2 atom stereocenters. The van der Waals surface area contributed by atoms with E-state index in [0.29, 0.717) is 0 Å². The van der Waals surface area contributed by atoms with Crippen LogP contribution in [0.5, 0.6) is 0 Å². The Bertz CT molecular complexity index is 276. The van der Waals surface area contributed by atoms with E-state index in [-0.39, 0.29) is 0 Å². The molecule has 0 amide bonds. The SMILES string of the molecule is C1=CC2CC1C/C2=C\N1CCOCC1. The van der Waals surface area contributed by atoms with Crippen LogP contribution >= 0.6 is 0 Å². The van der Waals surface area contributed by atoms with Crippen LogP contribution in [0.3, 0.4) is 0 Å². The van der Waals surface area contributed by atoms with E-state index in [4.69, 9.17) is 4.74 Å². The van der Waals surface area contributed by atoms with E-state index in [1.807, 2.05) is 0 Å². The van der Waals surface area contributed by atoms with Crippen molar-refractivity contribution in [3.63, 3.8) is 0 Å². The van der Waals surface area contributed by atoms with Gasteiger partial charge in [0.05, 0.1) is 13.2 Å². The van der Waals surface area contributed by atoms with Gasteiger partial charge in [-0.05, 0) is 30.5 Å². The van der Waals surface area contributed by atoms with Gasteiger partial charge < -0.3 is 9.64 Å². The molecule has 0 spiro atoms. The van der Waals surface area contributed by atoms with Crippen molar-refractivity contribution in [3.8, 4) is 0 Å². The number of fused-ring (bicyclic) bond motifs is 2. The first-order chi connectivity index (χ1) is 6.92. The lowest BCUT2D eigenvalue weighted by atomic mass is 10.0. The third kappa shape index (κ3) is 1.48. The van der Waals surface area contributed by atoms with Crippen LogP contribution in [0, 0.1) is 11.8 Å². The molecule has 2 aliphatic carbocycles. The highest BCUT2D eigenvalue weighted by molar-refractivity contribution is 5.26. The maximum atomic E-state index is 5.34. The second kappa shape index (κ2) is 3.43. The maximum Gasteiger partial charge on any atom is 0.0642 e. The van der Waals surface area contributed by atoms with Gasteiger partial charge >= 0.3 is 0 Å². The predicted molar refractivity (Wildman–Crippen MR) is 55.8 cm³/mol. The monoisotopic (exact) mass is 191 g/mol. The van der Waals surface area contributed by atoms with Gasteiger partial charge in [0.1, 0.15) is 0 Å². The fourth-order valence-electron chi connectivity index (χ4n) is 2.74. The van der Waals surface area contributed by atoms with Crippen molar-refractivity contribution in [2.45, 2.75) is 12.8 Å². The highest BCUT2D eigenvalue weighted by Crippen LogP contribution is 2.42. The molecular formula is C12H17NO. The molecular weight excluding hydrogens is 174 g/mol. The second-order valence-corrected chi connectivity index (χ2v) is 4.54. The fraction of sp³-hybridized carbons (Fsp3) is 0.667. The van der Waals surface area contributed by atoms with Crippen LogP contribution in [0.2, 0.25) is 0 Å². The van der Waals surface area contributed by atoms with Gasteiger partial charge in [-0.25, -0.2) is 0 Å². The minimum absolute atomic E-state index is 0.767. The van der Waals surface area contributed by atoms with Crippen LogP contribution in [-0.4, -0.2) is 31.2 Å². The lowest BCUT2D eigenvalue weighted by molar-refractivity contribution is 0.0588. The van der Waals surface area contributed by atoms with Crippen molar-refractivity contribution in [1.29, 1.82) is 0 Å². The van der Waals surface area contributed by atoms with Gasteiger partial charge in [0, 0.05) is 19.0 Å². The number of hydrogen-bond acceptors (Lipinski definition) is 2. The number of rotatable bonds is 1. The standard InChI is InChI=1S/C12H17NO/c1-2-11-7-10(1)8-12(11)9-13-3-5-14-6-4-13/h1-2,9-11H,3-8H2/b12-9+. The van der Waals surface area contributed by atoms with Gasteiger partial charge in [-0.3, -0.25) is 0 Å². The summed E-state index contributed by atoms with van der Waals surface area (Å²) in [4.78, 5) is 2.42. The number of ether oxygens (including phenoxy) is 1. The third-order valence-corrected chi connectivity index (χ3v) is 3.54. The minimum atomic E-state index is 0.767. The zero-order chi connectivity index (χ0) is 9.38. The van der Waals surface area contributed by atoms with E-state index in [9.17, 15) is 0 Å². The molecule has 0 N–H and O–H groups in total. The molecule has 0 aromatic rings. The number of hydrogen-bond donors (Lipinski definition) is 0. The summed E-state index contributed by atoms with van der Waals surface area (Å²) >= 11 is 0. The van der Waals surface area contributed by atoms with Gasteiger partial charge in [-0.2, -0.15) is 0 Å². The van der Waals surface area contributed by atoms with Crippen LogP contribution in [0.25, 0.3) is 0 Å². The molecule has 1 heterocycles. The van der Waals surface area contributed by atoms with E-state index in [0.717, 1.165) is 38.1 Å². The molecule has 3 aliphatic rings. The summed E-state index contributed by atoms with van der Waals surface area (Å²) in [6.07, 6.45) is 9.85. The third-order valence-electron chi connectivity index (χ3n) is 3.54. The van der Waals surface area contributed by atoms with Gasteiger partial charge in [-0.1, -0.05) is 12.2 Å². The van der Waals surface area contributed by atoms with E-state index in [1.165, 1.54) is 12.8 Å². The Morgan fingerprint density at radius 2 is 2.14 bits per heavy atom. The Balaban J connectivity index is 1.69. The first-order valence-electron chi connectivity index (χ1n) is 5.62. The summed E-state index contributed by atoms with van der Waals surface area (Å²) in [7, 11) is 0.